The number of carbonyl (C=O) groups is 1. The summed E-state index contributed by atoms with van der Waals surface area (Å²) < 4.78 is 0. The molecule has 0 spiro atoms. The molecule has 0 heterocycles. The average Bonchev–Trinajstić information content (AvgIpc) is 1.88. The van der Waals surface area contributed by atoms with Crippen molar-refractivity contribution in [2.75, 3.05) is 0 Å². The third-order valence-electron chi connectivity index (χ3n) is 1.16. The molecule has 0 aromatic heterocycles. The van der Waals surface area contributed by atoms with Gasteiger partial charge in [0.15, 0.2) is 0 Å². The summed E-state index contributed by atoms with van der Waals surface area (Å²) in [6.45, 7) is 9.76. The van der Waals surface area contributed by atoms with Gasteiger partial charge in [-0.1, -0.05) is 34.6 Å². The molecule has 0 aliphatic rings. The van der Waals surface area contributed by atoms with Crippen LogP contribution < -0.4 is 11.5 Å². The van der Waals surface area contributed by atoms with E-state index in [4.69, 9.17) is 11.5 Å². The number of primary amides is 1. The van der Waals surface area contributed by atoms with Gasteiger partial charge in [-0.2, -0.15) is 0 Å². The zero-order valence-corrected chi connectivity index (χ0v) is 8.64. The van der Waals surface area contributed by atoms with E-state index < -0.39 is 5.91 Å². The van der Waals surface area contributed by atoms with Gasteiger partial charge in [-0.3, -0.25) is 4.79 Å². The van der Waals surface area contributed by atoms with Crippen LogP contribution >= 0.6 is 0 Å². The van der Waals surface area contributed by atoms with Crippen molar-refractivity contribution in [1.82, 2.24) is 0 Å². The van der Waals surface area contributed by atoms with Crippen molar-refractivity contribution in [3.05, 3.63) is 11.8 Å². The van der Waals surface area contributed by atoms with E-state index in [1.54, 1.807) is 0 Å². The Balaban J connectivity index is 0. The van der Waals surface area contributed by atoms with Crippen LogP contribution in [-0.4, -0.2) is 5.91 Å². The SMILES string of the molecule is CC.CC(C)(C)/C(N)=C/C(N)=O. The van der Waals surface area contributed by atoms with E-state index in [2.05, 4.69) is 0 Å². The maximum atomic E-state index is 10.3. The molecule has 0 aromatic rings. The molecule has 0 unspecified atom stereocenters. The molecule has 72 valence electrons. The fraction of sp³-hybridized carbons (Fsp3) is 0.667. The van der Waals surface area contributed by atoms with E-state index in [0.717, 1.165) is 0 Å². The van der Waals surface area contributed by atoms with Gasteiger partial charge in [-0.15, -0.1) is 0 Å². The van der Waals surface area contributed by atoms with E-state index in [1.165, 1.54) is 6.08 Å². The quantitative estimate of drug-likeness (QED) is 0.587. The smallest absolute Gasteiger partial charge is 0.243 e. The normalized spacial score (nSPS) is 11.6. The third-order valence-corrected chi connectivity index (χ3v) is 1.16. The summed E-state index contributed by atoms with van der Waals surface area (Å²) in [5.74, 6) is -0.493. The largest absolute Gasteiger partial charge is 0.401 e. The first kappa shape index (κ1) is 13.6. The summed E-state index contributed by atoms with van der Waals surface area (Å²) in [5, 5.41) is 0. The van der Waals surface area contributed by atoms with Gasteiger partial charge >= 0.3 is 0 Å². The van der Waals surface area contributed by atoms with Crippen LogP contribution in [0, 0.1) is 5.41 Å². The Kier molecular flexibility index (Phi) is 6.38. The highest BCUT2D eigenvalue weighted by Gasteiger charge is 2.13. The molecule has 0 saturated carbocycles. The van der Waals surface area contributed by atoms with Gasteiger partial charge in [-0.25, -0.2) is 0 Å². The van der Waals surface area contributed by atoms with Crippen molar-refractivity contribution in [3.63, 3.8) is 0 Å². The standard InChI is InChI=1S/C7H14N2O.C2H6/c1-7(2,3)5(8)4-6(9)10;1-2/h4H,8H2,1-3H3,(H2,9,10);1-2H3/b5-4-;. The summed E-state index contributed by atoms with van der Waals surface area (Å²) in [6, 6.07) is 0. The molecular formula is C9H20N2O. The van der Waals surface area contributed by atoms with Crippen LogP contribution in [0.1, 0.15) is 34.6 Å². The Labute approximate surface area is 74.8 Å². The van der Waals surface area contributed by atoms with Crippen LogP contribution in [0.5, 0.6) is 0 Å². The average molecular weight is 172 g/mol. The van der Waals surface area contributed by atoms with Crippen molar-refractivity contribution in [2.45, 2.75) is 34.6 Å². The topological polar surface area (TPSA) is 69.1 Å². The highest BCUT2D eigenvalue weighted by Crippen LogP contribution is 2.19. The summed E-state index contributed by atoms with van der Waals surface area (Å²) in [5.41, 5.74) is 10.7. The van der Waals surface area contributed by atoms with Crippen molar-refractivity contribution in [1.29, 1.82) is 0 Å². The fourth-order valence-corrected chi connectivity index (χ4v) is 0.370. The lowest BCUT2D eigenvalue weighted by Gasteiger charge is -2.17. The maximum absolute atomic E-state index is 10.3. The summed E-state index contributed by atoms with van der Waals surface area (Å²) in [6.07, 6.45) is 1.25. The van der Waals surface area contributed by atoms with Gasteiger partial charge in [0.2, 0.25) is 5.91 Å². The Morgan fingerprint density at radius 1 is 1.17 bits per heavy atom. The first-order valence-corrected chi connectivity index (χ1v) is 4.11. The molecule has 0 rings (SSSR count). The fourth-order valence-electron chi connectivity index (χ4n) is 0.370. The van der Waals surface area contributed by atoms with Gasteiger partial charge in [0, 0.05) is 17.2 Å². The van der Waals surface area contributed by atoms with Crippen molar-refractivity contribution >= 4 is 5.91 Å². The number of hydrogen-bond acceptors (Lipinski definition) is 2. The van der Waals surface area contributed by atoms with Crippen LogP contribution in [0.2, 0.25) is 0 Å². The minimum Gasteiger partial charge on any atom is -0.401 e. The third kappa shape index (κ3) is 7.12. The molecule has 0 aromatic carbocycles. The lowest BCUT2D eigenvalue weighted by molar-refractivity contribution is -0.113. The molecule has 3 nitrogen and oxygen atoms in total. The van der Waals surface area contributed by atoms with Gasteiger partial charge in [-0.05, 0) is 0 Å². The van der Waals surface area contributed by atoms with Gasteiger partial charge in [0.1, 0.15) is 0 Å². The Bertz CT molecular complexity index is 166. The minimum absolute atomic E-state index is 0.172. The predicted octanol–water partition coefficient (Wildman–Crippen LogP) is 1.39. The molecule has 12 heavy (non-hydrogen) atoms. The van der Waals surface area contributed by atoms with Crippen molar-refractivity contribution in [2.24, 2.45) is 16.9 Å². The second kappa shape index (κ2) is 5.63. The van der Waals surface area contributed by atoms with Crippen LogP contribution in [0.4, 0.5) is 0 Å². The first-order valence-electron chi connectivity index (χ1n) is 4.11. The van der Waals surface area contributed by atoms with Gasteiger partial charge in [0.05, 0.1) is 0 Å². The van der Waals surface area contributed by atoms with Crippen LogP contribution in [-0.2, 0) is 4.79 Å². The highest BCUT2D eigenvalue weighted by molar-refractivity contribution is 5.86. The van der Waals surface area contributed by atoms with E-state index in [9.17, 15) is 4.79 Å². The Morgan fingerprint density at radius 3 is 1.58 bits per heavy atom. The summed E-state index contributed by atoms with van der Waals surface area (Å²) >= 11 is 0. The van der Waals surface area contributed by atoms with Crippen molar-refractivity contribution in [3.8, 4) is 0 Å². The summed E-state index contributed by atoms with van der Waals surface area (Å²) in [4.78, 5) is 10.3. The second-order valence-electron chi connectivity index (χ2n) is 3.25. The zero-order valence-electron chi connectivity index (χ0n) is 8.64. The van der Waals surface area contributed by atoms with Gasteiger partial charge in [0.25, 0.3) is 0 Å². The number of carbonyl (C=O) groups excluding carboxylic acids is 1. The molecule has 0 fully saturated rings. The van der Waals surface area contributed by atoms with Crippen LogP contribution in [0.25, 0.3) is 0 Å². The molecule has 0 aliphatic carbocycles. The van der Waals surface area contributed by atoms with E-state index >= 15 is 0 Å². The van der Waals surface area contributed by atoms with E-state index in [1.807, 2.05) is 34.6 Å². The molecule has 0 aliphatic heterocycles. The number of rotatable bonds is 1. The lowest BCUT2D eigenvalue weighted by atomic mass is 9.92. The molecule has 0 bridgehead atoms. The van der Waals surface area contributed by atoms with Gasteiger partial charge < -0.3 is 11.5 Å². The van der Waals surface area contributed by atoms with E-state index in [0.29, 0.717) is 5.70 Å². The molecule has 1 amide bonds. The number of hydrogen-bond donors (Lipinski definition) is 2. The predicted molar refractivity (Wildman–Crippen MR) is 52.3 cm³/mol. The lowest BCUT2D eigenvalue weighted by Crippen LogP contribution is -2.20. The molecule has 0 saturated heterocycles. The molecule has 0 atom stereocenters. The van der Waals surface area contributed by atoms with Crippen LogP contribution in [0.15, 0.2) is 11.8 Å². The minimum atomic E-state index is -0.493. The van der Waals surface area contributed by atoms with Crippen LogP contribution in [0.3, 0.4) is 0 Å². The number of nitrogens with two attached hydrogens (primary N) is 2. The molecule has 4 N–H and O–H groups in total. The Morgan fingerprint density at radius 2 is 1.50 bits per heavy atom. The molecule has 3 heteroatoms. The van der Waals surface area contributed by atoms with E-state index in [-0.39, 0.29) is 5.41 Å². The number of amides is 1. The molecule has 0 radical (unpaired) electrons. The monoisotopic (exact) mass is 172 g/mol. The maximum Gasteiger partial charge on any atom is 0.243 e. The molecular weight excluding hydrogens is 152 g/mol. The Hall–Kier alpha value is -0.990. The first-order chi connectivity index (χ1) is 5.34. The second-order valence-corrected chi connectivity index (χ2v) is 3.25. The number of allylic oxidation sites excluding steroid dienone is 1. The van der Waals surface area contributed by atoms with Crippen molar-refractivity contribution < 1.29 is 4.79 Å². The zero-order chi connectivity index (χ0) is 10.4. The highest BCUT2D eigenvalue weighted by atomic mass is 16.1. The summed E-state index contributed by atoms with van der Waals surface area (Å²) in [7, 11) is 0.